The molecule has 2 aromatic rings. The maximum atomic E-state index is 13.9. The van der Waals surface area contributed by atoms with Crippen LogP contribution in [0.3, 0.4) is 0 Å². The molecule has 0 saturated heterocycles. The van der Waals surface area contributed by atoms with Crippen LogP contribution in [0, 0.1) is 6.92 Å². The fourth-order valence-corrected chi connectivity index (χ4v) is 2.14. The molecule has 1 aliphatic rings. The molecule has 0 aliphatic carbocycles. The zero-order valence-electron chi connectivity index (χ0n) is 9.58. The molecule has 0 spiro atoms. The number of phenols is 1. The van der Waals surface area contributed by atoms with E-state index in [1.807, 2.05) is 0 Å². The molecule has 0 aromatic heterocycles. The average Bonchev–Trinajstić information content (AvgIpc) is 2.28. The lowest BCUT2D eigenvalue weighted by Crippen LogP contribution is -2.26. The number of hydrogen-bond acceptors (Lipinski definition) is 2. The van der Waals surface area contributed by atoms with Crippen LogP contribution in [0.1, 0.15) is 11.1 Å². The minimum atomic E-state index is -3.37. The SMILES string of the molecule is Cc1ccc2c(c1)C(F)(F)Oc1cc(O)ccc1-2. The largest absolute Gasteiger partial charge is 0.508 e. The molecule has 1 heterocycles. The van der Waals surface area contributed by atoms with Gasteiger partial charge >= 0.3 is 6.11 Å². The monoisotopic (exact) mass is 248 g/mol. The van der Waals surface area contributed by atoms with Crippen LogP contribution in [0.2, 0.25) is 0 Å². The lowest BCUT2D eigenvalue weighted by atomic mass is 9.94. The Balaban J connectivity index is 2.31. The van der Waals surface area contributed by atoms with Crippen molar-refractivity contribution in [3.8, 4) is 22.6 Å². The van der Waals surface area contributed by atoms with Crippen LogP contribution in [-0.2, 0) is 6.11 Å². The highest BCUT2D eigenvalue weighted by Crippen LogP contribution is 2.47. The van der Waals surface area contributed by atoms with Gasteiger partial charge in [-0.15, -0.1) is 0 Å². The maximum absolute atomic E-state index is 13.9. The van der Waals surface area contributed by atoms with Gasteiger partial charge in [0, 0.05) is 11.6 Å². The molecule has 0 saturated carbocycles. The highest BCUT2D eigenvalue weighted by molar-refractivity contribution is 5.77. The van der Waals surface area contributed by atoms with E-state index in [1.54, 1.807) is 25.1 Å². The van der Waals surface area contributed by atoms with Crippen molar-refractivity contribution in [2.45, 2.75) is 13.0 Å². The van der Waals surface area contributed by atoms with Gasteiger partial charge in [0.2, 0.25) is 0 Å². The molecule has 0 unspecified atom stereocenters. The minimum Gasteiger partial charge on any atom is -0.508 e. The first-order chi connectivity index (χ1) is 8.47. The summed E-state index contributed by atoms with van der Waals surface area (Å²) in [7, 11) is 0. The lowest BCUT2D eigenvalue weighted by Gasteiger charge is -2.28. The Morgan fingerprint density at radius 2 is 1.78 bits per heavy atom. The van der Waals surface area contributed by atoms with E-state index < -0.39 is 6.11 Å². The molecule has 4 heteroatoms. The van der Waals surface area contributed by atoms with Crippen LogP contribution in [0.15, 0.2) is 36.4 Å². The van der Waals surface area contributed by atoms with E-state index in [2.05, 4.69) is 4.74 Å². The van der Waals surface area contributed by atoms with Crippen molar-refractivity contribution in [1.82, 2.24) is 0 Å². The fourth-order valence-electron chi connectivity index (χ4n) is 2.14. The summed E-state index contributed by atoms with van der Waals surface area (Å²) >= 11 is 0. The predicted molar refractivity (Wildman–Crippen MR) is 62.8 cm³/mol. The number of fused-ring (bicyclic) bond motifs is 3. The van der Waals surface area contributed by atoms with Gasteiger partial charge in [0.15, 0.2) is 0 Å². The Kier molecular flexibility index (Phi) is 2.11. The third-order valence-corrected chi connectivity index (χ3v) is 2.98. The zero-order chi connectivity index (χ0) is 12.9. The molecule has 3 rings (SSSR count). The molecule has 0 amide bonds. The van der Waals surface area contributed by atoms with Crippen molar-refractivity contribution in [2.24, 2.45) is 0 Å². The van der Waals surface area contributed by atoms with Gasteiger partial charge < -0.3 is 9.84 Å². The summed E-state index contributed by atoms with van der Waals surface area (Å²) in [4.78, 5) is 0. The number of rotatable bonds is 0. The number of aromatic hydroxyl groups is 1. The van der Waals surface area contributed by atoms with Gasteiger partial charge in [-0.2, -0.15) is 8.78 Å². The minimum absolute atomic E-state index is 0.00338. The molecule has 18 heavy (non-hydrogen) atoms. The lowest BCUT2D eigenvalue weighted by molar-refractivity contribution is -0.187. The van der Waals surface area contributed by atoms with E-state index in [0.29, 0.717) is 11.1 Å². The van der Waals surface area contributed by atoms with Gasteiger partial charge in [-0.05, 0) is 30.7 Å². The average molecular weight is 248 g/mol. The standard InChI is InChI=1S/C14H10F2O2/c1-8-2-4-10-11-5-3-9(17)7-13(11)18-14(15,16)12(10)6-8/h2-7,17H,1H3. The van der Waals surface area contributed by atoms with Crippen LogP contribution in [0.25, 0.3) is 11.1 Å². The molecule has 1 aliphatic heterocycles. The Labute approximate surface area is 102 Å². The number of benzene rings is 2. The first kappa shape index (κ1) is 11.0. The van der Waals surface area contributed by atoms with Gasteiger partial charge in [-0.25, -0.2) is 0 Å². The number of phenolic OH excluding ortho intramolecular Hbond substituents is 1. The Morgan fingerprint density at radius 3 is 2.56 bits per heavy atom. The van der Waals surface area contributed by atoms with Crippen LogP contribution in [-0.4, -0.2) is 5.11 Å². The molecule has 2 aromatic carbocycles. The summed E-state index contributed by atoms with van der Waals surface area (Å²) < 4.78 is 32.5. The number of halogens is 2. The van der Waals surface area contributed by atoms with Crippen molar-refractivity contribution in [3.63, 3.8) is 0 Å². The topological polar surface area (TPSA) is 29.5 Å². The summed E-state index contributed by atoms with van der Waals surface area (Å²) in [6.07, 6.45) is -3.37. The molecule has 0 atom stereocenters. The molecular formula is C14H10F2O2. The molecule has 1 N–H and O–H groups in total. The first-order valence-electron chi connectivity index (χ1n) is 5.49. The molecular weight excluding hydrogens is 238 g/mol. The maximum Gasteiger partial charge on any atom is 0.427 e. The van der Waals surface area contributed by atoms with Gasteiger partial charge in [-0.3, -0.25) is 0 Å². The molecule has 0 radical (unpaired) electrons. The van der Waals surface area contributed by atoms with Gasteiger partial charge in [0.05, 0.1) is 5.56 Å². The Hall–Kier alpha value is -2.10. The third kappa shape index (κ3) is 1.53. The van der Waals surface area contributed by atoms with Crippen LogP contribution < -0.4 is 4.74 Å². The highest BCUT2D eigenvalue weighted by Gasteiger charge is 2.41. The second kappa shape index (κ2) is 3.45. The first-order valence-corrected chi connectivity index (χ1v) is 5.49. The normalized spacial score (nSPS) is 15.5. The summed E-state index contributed by atoms with van der Waals surface area (Å²) in [5.74, 6) is -0.100. The van der Waals surface area contributed by atoms with E-state index in [9.17, 15) is 13.9 Å². The number of ether oxygens (including phenoxy) is 1. The van der Waals surface area contributed by atoms with E-state index in [0.717, 1.165) is 5.56 Å². The summed E-state index contributed by atoms with van der Waals surface area (Å²) in [6, 6.07) is 9.08. The third-order valence-electron chi connectivity index (χ3n) is 2.98. The fraction of sp³-hybridized carbons (Fsp3) is 0.143. The summed E-state index contributed by atoms with van der Waals surface area (Å²) in [5.41, 5.74) is 1.61. The van der Waals surface area contributed by atoms with E-state index in [-0.39, 0.29) is 17.1 Å². The van der Waals surface area contributed by atoms with Gasteiger partial charge in [0.1, 0.15) is 11.5 Å². The molecule has 0 fully saturated rings. The van der Waals surface area contributed by atoms with Crippen molar-refractivity contribution in [2.75, 3.05) is 0 Å². The zero-order valence-corrected chi connectivity index (χ0v) is 9.58. The summed E-state index contributed by atoms with van der Waals surface area (Å²) in [5, 5.41) is 9.33. The van der Waals surface area contributed by atoms with E-state index >= 15 is 0 Å². The number of aryl methyl sites for hydroxylation is 1. The van der Waals surface area contributed by atoms with Gasteiger partial charge in [-0.1, -0.05) is 17.7 Å². The quantitative estimate of drug-likeness (QED) is 0.768. The van der Waals surface area contributed by atoms with E-state index in [1.165, 1.54) is 18.2 Å². The van der Waals surface area contributed by atoms with Crippen LogP contribution in [0.4, 0.5) is 8.78 Å². The number of alkyl halides is 2. The van der Waals surface area contributed by atoms with Gasteiger partial charge in [0.25, 0.3) is 0 Å². The molecule has 2 nitrogen and oxygen atoms in total. The second-order valence-electron chi connectivity index (χ2n) is 4.35. The Bertz CT molecular complexity index is 636. The van der Waals surface area contributed by atoms with Crippen molar-refractivity contribution in [1.29, 1.82) is 0 Å². The van der Waals surface area contributed by atoms with E-state index in [4.69, 9.17) is 0 Å². The van der Waals surface area contributed by atoms with Crippen LogP contribution >= 0.6 is 0 Å². The van der Waals surface area contributed by atoms with Crippen LogP contribution in [0.5, 0.6) is 11.5 Å². The smallest absolute Gasteiger partial charge is 0.427 e. The predicted octanol–water partition coefficient (Wildman–Crippen LogP) is 3.81. The van der Waals surface area contributed by atoms with Crippen molar-refractivity contribution in [3.05, 3.63) is 47.5 Å². The Morgan fingerprint density at radius 1 is 1.06 bits per heavy atom. The highest BCUT2D eigenvalue weighted by atomic mass is 19.3. The van der Waals surface area contributed by atoms with Crippen molar-refractivity contribution >= 4 is 0 Å². The molecule has 92 valence electrons. The second-order valence-corrected chi connectivity index (χ2v) is 4.35. The molecule has 0 bridgehead atoms. The summed E-state index contributed by atoms with van der Waals surface area (Å²) in [6.45, 7) is 1.75. The number of hydrogen-bond donors (Lipinski definition) is 1. The van der Waals surface area contributed by atoms with Crippen molar-refractivity contribution < 1.29 is 18.6 Å².